The predicted molar refractivity (Wildman–Crippen MR) is 99.5 cm³/mol. The summed E-state index contributed by atoms with van der Waals surface area (Å²) in [4.78, 5) is 18.0. The normalized spacial score (nSPS) is 10.6. The SMILES string of the molecule is Cc1cccc(-c2nc(C)c(CCNC(=O)c3ccccc3)s2)c1. The Morgan fingerprint density at radius 1 is 1.08 bits per heavy atom. The van der Waals surface area contributed by atoms with Crippen LogP contribution in [0.2, 0.25) is 0 Å². The number of rotatable bonds is 5. The molecule has 0 atom stereocenters. The summed E-state index contributed by atoms with van der Waals surface area (Å²) < 4.78 is 0. The molecule has 0 aliphatic heterocycles. The molecule has 1 aromatic heterocycles. The lowest BCUT2D eigenvalue weighted by Gasteiger charge is -2.04. The van der Waals surface area contributed by atoms with Gasteiger partial charge in [0.05, 0.1) is 5.69 Å². The minimum Gasteiger partial charge on any atom is -0.352 e. The Morgan fingerprint density at radius 2 is 1.88 bits per heavy atom. The predicted octanol–water partition coefficient (Wildman–Crippen LogP) is 4.40. The number of hydrogen-bond acceptors (Lipinski definition) is 3. The Hall–Kier alpha value is -2.46. The molecule has 0 spiro atoms. The van der Waals surface area contributed by atoms with E-state index in [1.54, 1.807) is 11.3 Å². The van der Waals surface area contributed by atoms with E-state index in [-0.39, 0.29) is 5.91 Å². The van der Waals surface area contributed by atoms with Gasteiger partial charge in [0.25, 0.3) is 5.91 Å². The maximum absolute atomic E-state index is 12.1. The number of amides is 1. The van der Waals surface area contributed by atoms with Crippen LogP contribution in [-0.4, -0.2) is 17.4 Å². The second-order valence-electron chi connectivity index (χ2n) is 5.77. The molecule has 24 heavy (non-hydrogen) atoms. The van der Waals surface area contributed by atoms with E-state index in [0.717, 1.165) is 22.7 Å². The highest BCUT2D eigenvalue weighted by atomic mass is 32.1. The third-order valence-corrected chi connectivity index (χ3v) is 5.10. The van der Waals surface area contributed by atoms with Crippen LogP contribution in [-0.2, 0) is 6.42 Å². The van der Waals surface area contributed by atoms with E-state index >= 15 is 0 Å². The van der Waals surface area contributed by atoms with Crippen LogP contribution in [0.15, 0.2) is 54.6 Å². The molecule has 2 aromatic carbocycles. The van der Waals surface area contributed by atoms with Gasteiger partial charge in [-0.15, -0.1) is 11.3 Å². The molecular weight excluding hydrogens is 316 g/mol. The van der Waals surface area contributed by atoms with Crippen LogP contribution in [0, 0.1) is 13.8 Å². The van der Waals surface area contributed by atoms with E-state index < -0.39 is 0 Å². The Morgan fingerprint density at radius 3 is 2.62 bits per heavy atom. The number of thiazole rings is 1. The third-order valence-electron chi connectivity index (χ3n) is 3.83. The van der Waals surface area contributed by atoms with Crippen molar-refractivity contribution in [2.45, 2.75) is 20.3 Å². The van der Waals surface area contributed by atoms with Crippen molar-refractivity contribution in [3.8, 4) is 10.6 Å². The lowest BCUT2D eigenvalue weighted by molar-refractivity contribution is 0.0954. The molecule has 0 saturated carbocycles. The third kappa shape index (κ3) is 3.89. The summed E-state index contributed by atoms with van der Waals surface area (Å²) in [6.07, 6.45) is 0.799. The molecule has 0 fully saturated rings. The maximum Gasteiger partial charge on any atom is 0.251 e. The highest BCUT2D eigenvalue weighted by Gasteiger charge is 2.10. The lowest BCUT2D eigenvalue weighted by Crippen LogP contribution is -2.25. The summed E-state index contributed by atoms with van der Waals surface area (Å²) in [5.41, 5.74) is 4.13. The number of hydrogen-bond donors (Lipinski definition) is 1. The number of aromatic nitrogens is 1. The molecule has 0 radical (unpaired) electrons. The maximum atomic E-state index is 12.1. The highest BCUT2D eigenvalue weighted by molar-refractivity contribution is 7.15. The first-order valence-electron chi connectivity index (χ1n) is 8.00. The van der Waals surface area contributed by atoms with E-state index in [4.69, 9.17) is 0 Å². The molecule has 3 aromatic rings. The molecule has 1 amide bonds. The van der Waals surface area contributed by atoms with Crippen molar-refractivity contribution >= 4 is 17.2 Å². The van der Waals surface area contributed by atoms with Crippen LogP contribution in [0.25, 0.3) is 10.6 Å². The van der Waals surface area contributed by atoms with Gasteiger partial charge in [-0.1, -0.05) is 42.0 Å². The fourth-order valence-electron chi connectivity index (χ4n) is 2.54. The van der Waals surface area contributed by atoms with Gasteiger partial charge < -0.3 is 5.32 Å². The molecule has 0 saturated heterocycles. The van der Waals surface area contributed by atoms with Crippen molar-refractivity contribution in [2.24, 2.45) is 0 Å². The van der Waals surface area contributed by atoms with E-state index in [1.807, 2.05) is 37.3 Å². The van der Waals surface area contributed by atoms with Crippen LogP contribution < -0.4 is 5.32 Å². The Balaban J connectivity index is 1.63. The van der Waals surface area contributed by atoms with Gasteiger partial charge in [0.15, 0.2) is 0 Å². The van der Waals surface area contributed by atoms with Gasteiger partial charge in [-0.05, 0) is 32.0 Å². The summed E-state index contributed by atoms with van der Waals surface area (Å²) in [5.74, 6) is -0.0309. The smallest absolute Gasteiger partial charge is 0.251 e. The second-order valence-corrected chi connectivity index (χ2v) is 6.85. The average Bonchev–Trinajstić information content (AvgIpc) is 2.97. The monoisotopic (exact) mass is 336 g/mol. The Labute approximate surface area is 146 Å². The zero-order valence-corrected chi connectivity index (χ0v) is 14.7. The standard InChI is InChI=1S/C20H20N2OS/c1-14-7-6-10-17(13-14)20-22-15(2)18(24-20)11-12-21-19(23)16-8-4-3-5-9-16/h3-10,13H,11-12H2,1-2H3,(H,21,23). The minimum atomic E-state index is -0.0309. The Kier molecular flexibility index (Phi) is 5.06. The topological polar surface area (TPSA) is 42.0 Å². The van der Waals surface area contributed by atoms with Crippen LogP contribution in [0.4, 0.5) is 0 Å². The minimum absolute atomic E-state index is 0.0309. The van der Waals surface area contributed by atoms with E-state index in [2.05, 4.69) is 41.5 Å². The molecule has 1 heterocycles. The molecule has 122 valence electrons. The average molecular weight is 336 g/mol. The first-order valence-corrected chi connectivity index (χ1v) is 8.82. The molecular formula is C20H20N2OS. The summed E-state index contributed by atoms with van der Waals surface area (Å²) in [7, 11) is 0. The lowest BCUT2D eigenvalue weighted by atomic mass is 10.1. The fraction of sp³-hybridized carbons (Fsp3) is 0.200. The first-order chi connectivity index (χ1) is 11.6. The van der Waals surface area contributed by atoms with Gasteiger partial charge >= 0.3 is 0 Å². The van der Waals surface area contributed by atoms with E-state index in [1.165, 1.54) is 10.4 Å². The van der Waals surface area contributed by atoms with Crippen LogP contribution in [0.3, 0.4) is 0 Å². The highest BCUT2D eigenvalue weighted by Crippen LogP contribution is 2.28. The first kappa shape index (κ1) is 16.4. The molecule has 4 heteroatoms. The summed E-state index contributed by atoms with van der Waals surface area (Å²) in [6.45, 7) is 4.73. The molecule has 3 nitrogen and oxygen atoms in total. The number of benzene rings is 2. The van der Waals surface area contributed by atoms with Gasteiger partial charge in [0.1, 0.15) is 5.01 Å². The van der Waals surface area contributed by atoms with Gasteiger partial charge in [-0.3, -0.25) is 4.79 Å². The summed E-state index contributed by atoms with van der Waals surface area (Å²) >= 11 is 1.71. The fourth-order valence-corrected chi connectivity index (χ4v) is 3.60. The Bertz CT molecular complexity index is 840. The number of carbonyl (C=O) groups is 1. The number of carbonyl (C=O) groups excluding carboxylic acids is 1. The van der Waals surface area contributed by atoms with Gasteiger partial charge in [0, 0.05) is 29.0 Å². The van der Waals surface area contributed by atoms with Crippen molar-refractivity contribution in [1.82, 2.24) is 10.3 Å². The van der Waals surface area contributed by atoms with Crippen molar-refractivity contribution < 1.29 is 4.79 Å². The quantitative estimate of drug-likeness (QED) is 0.750. The van der Waals surface area contributed by atoms with Crippen molar-refractivity contribution in [3.05, 3.63) is 76.3 Å². The number of nitrogens with one attached hydrogen (secondary N) is 1. The molecule has 0 aliphatic carbocycles. The van der Waals surface area contributed by atoms with Gasteiger partial charge in [-0.25, -0.2) is 4.98 Å². The largest absolute Gasteiger partial charge is 0.352 e. The number of nitrogens with zero attached hydrogens (tertiary/aromatic N) is 1. The molecule has 0 aliphatic rings. The zero-order valence-electron chi connectivity index (χ0n) is 13.9. The summed E-state index contributed by atoms with van der Waals surface area (Å²) in [6, 6.07) is 17.7. The van der Waals surface area contributed by atoms with E-state index in [0.29, 0.717) is 12.1 Å². The zero-order chi connectivity index (χ0) is 16.9. The number of aryl methyl sites for hydroxylation is 2. The summed E-state index contributed by atoms with van der Waals surface area (Å²) in [5, 5.41) is 4.01. The van der Waals surface area contributed by atoms with Crippen molar-refractivity contribution in [1.29, 1.82) is 0 Å². The molecule has 0 unspecified atom stereocenters. The van der Waals surface area contributed by atoms with E-state index in [9.17, 15) is 4.79 Å². The van der Waals surface area contributed by atoms with Crippen LogP contribution >= 0.6 is 11.3 Å². The molecule has 3 rings (SSSR count). The van der Waals surface area contributed by atoms with Gasteiger partial charge in [-0.2, -0.15) is 0 Å². The van der Waals surface area contributed by atoms with Crippen LogP contribution in [0.1, 0.15) is 26.5 Å². The van der Waals surface area contributed by atoms with Crippen molar-refractivity contribution in [3.63, 3.8) is 0 Å². The second kappa shape index (κ2) is 7.41. The van der Waals surface area contributed by atoms with Gasteiger partial charge in [0.2, 0.25) is 0 Å². The van der Waals surface area contributed by atoms with Crippen LogP contribution in [0.5, 0.6) is 0 Å². The molecule has 1 N–H and O–H groups in total. The van der Waals surface area contributed by atoms with Crippen molar-refractivity contribution in [2.75, 3.05) is 6.54 Å². The molecule has 0 bridgehead atoms.